The summed E-state index contributed by atoms with van der Waals surface area (Å²) in [4.78, 5) is 31.0. The highest BCUT2D eigenvalue weighted by atomic mass is 16.2. The third-order valence-corrected chi connectivity index (χ3v) is 4.41. The zero-order valence-corrected chi connectivity index (χ0v) is 12.6. The number of hydrogen-bond acceptors (Lipinski definition) is 4. The molecule has 2 fully saturated rings. The number of imidazole rings is 1. The first-order valence-corrected chi connectivity index (χ1v) is 7.87. The molecule has 0 bridgehead atoms. The van der Waals surface area contributed by atoms with Crippen LogP contribution >= 0.6 is 0 Å². The fraction of sp³-hybridized carbons (Fsp3) is 0.500. The van der Waals surface area contributed by atoms with E-state index in [4.69, 9.17) is 0 Å². The van der Waals surface area contributed by atoms with Crippen LogP contribution < -0.4 is 0 Å². The molecule has 114 valence electrons. The first-order valence-electron chi connectivity index (χ1n) is 7.87. The maximum absolute atomic E-state index is 12.7. The number of rotatable bonds is 3. The average Bonchev–Trinajstić information content (AvgIpc) is 3.11. The Morgan fingerprint density at radius 2 is 1.95 bits per heavy atom. The van der Waals surface area contributed by atoms with Crippen molar-refractivity contribution in [2.45, 2.75) is 44.6 Å². The molecular formula is C16H19N5O. The molecule has 3 heterocycles. The van der Waals surface area contributed by atoms with Crippen LogP contribution in [0.4, 0.5) is 0 Å². The second-order valence-corrected chi connectivity index (χ2v) is 6.21. The van der Waals surface area contributed by atoms with Gasteiger partial charge >= 0.3 is 0 Å². The van der Waals surface area contributed by atoms with E-state index in [1.54, 1.807) is 12.4 Å². The monoisotopic (exact) mass is 297 g/mol. The topological polar surface area (TPSA) is 74.8 Å². The van der Waals surface area contributed by atoms with E-state index < -0.39 is 0 Å². The van der Waals surface area contributed by atoms with Crippen LogP contribution in [0.2, 0.25) is 0 Å². The minimum absolute atomic E-state index is 0.00102. The number of H-pyrrole nitrogens is 1. The number of likely N-dealkylation sites (tertiary alicyclic amines) is 1. The van der Waals surface area contributed by atoms with Crippen molar-refractivity contribution in [3.05, 3.63) is 41.5 Å². The lowest BCUT2D eigenvalue weighted by Crippen LogP contribution is -2.31. The van der Waals surface area contributed by atoms with Gasteiger partial charge in [-0.05, 0) is 32.6 Å². The molecule has 2 aliphatic rings. The average molecular weight is 297 g/mol. The second kappa shape index (κ2) is 5.19. The van der Waals surface area contributed by atoms with Gasteiger partial charge in [0.25, 0.3) is 5.91 Å². The molecule has 1 amide bonds. The van der Waals surface area contributed by atoms with Gasteiger partial charge in [-0.1, -0.05) is 0 Å². The molecule has 1 aliphatic heterocycles. The van der Waals surface area contributed by atoms with Gasteiger partial charge in [-0.25, -0.2) is 15.0 Å². The normalized spacial score (nSPS) is 21.3. The molecule has 1 atom stereocenters. The number of aryl methyl sites for hydroxylation is 1. The van der Waals surface area contributed by atoms with Crippen molar-refractivity contribution in [2.75, 3.05) is 6.54 Å². The smallest absolute Gasteiger partial charge is 0.257 e. The maximum Gasteiger partial charge on any atom is 0.257 e. The van der Waals surface area contributed by atoms with Crippen LogP contribution in [0.25, 0.3) is 0 Å². The number of hydrogen-bond donors (Lipinski definition) is 1. The third kappa shape index (κ3) is 2.38. The highest BCUT2D eigenvalue weighted by molar-refractivity contribution is 5.94. The molecular weight excluding hydrogens is 278 g/mol. The van der Waals surface area contributed by atoms with E-state index in [-0.39, 0.29) is 11.9 Å². The molecule has 1 N–H and O–H groups in total. The van der Waals surface area contributed by atoms with Crippen LogP contribution in [0.5, 0.6) is 0 Å². The van der Waals surface area contributed by atoms with Crippen LogP contribution in [-0.2, 0) is 0 Å². The van der Waals surface area contributed by atoms with Crippen molar-refractivity contribution in [1.82, 2.24) is 24.8 Å². The number of nitrogens with zero attached hydrogens (tertiary/aromatic N) is 4. The van der Waals surface area contributed by atoms with Gasteiger partial charge in [0.15, 0.2) is 0 Å². The molecule has 1 saturated carbocycles. The minimum Gasteiger partial charge on any atom is -0.344 e. The summed E-state index contributed by atoms with van der Waals surface area (Å²) in [6, 6.07) is 0.0318. The predicted octanol–water partition coefficient (Wildman–Crippen LogP) is 2.36. The number of aromatic amines is 1. The van der Waals surface area contributed by atoms with E-state index in [0.29, 0.717) is 11.5 Å². The van der Waals surface area contributed by atoms with E-state index in [2.05, 4.69) is 19.9 Å². The van der Waals surface area contributed by atoms with Crippen molar-refractivity contribution in [2.24, 2.45) is 0 Å². The Labute approximate surface area is 129 Å². The first kappa shape index (κ1) is 13.4. The molecule has 0 aromatic carbocycles. The molecule has 2 aromatic rings. The van der Waals surface area contributed by atoms with Gasteiger partial charge < -0.3 is 9.88 Å². The van der Waals surface area contributed by atoms with Crippen molar-refractivity contribution >= 4 is 5.91 Å². The quantitative estimate of drug-likeness (QED) is 0.943. The summed E-state index contributed by atoms with van der Waals surface area (Å²) in [5, 5.41) is 0. The maximum atomic E-state index is 12.7. The molecule has 0 spiro atoms. The van der Waals surface area contributed by atoms with Crippen LogP contribution in [0.15, 0.2) is 18.6 Å². The Balaban J connectivity index is 1.55. The van der Waals surface area contributed by atoms with Gasteiger partial charge in [-0.3, -0.25) is 4.79 Å². The Morgan fingerprint density at radius 1 is 1.18 bits per heavy atom. The predicted molar refractivity (Wildman–Crippen MR) is 80.3 cm³/mol. The second-order valence-electron chi connectivity index (χ2n) is 6.21. The van der Waals surface area contributed by atoms with Crippen molar-refractivity contribution in [3.8, 4) is 0 Å². The van der Waals surface area contributed by atoms with Crippen molar-refractivity contribution in [1.29, 1.82) is 0 Å². The number of carbonyl (C=O) groups is 1. The molecule has 1 saturated heterocycles. The summed E-state index contributed by atoms with van der Waals surface area (Å²) in [5.41, 5.74) is 1.59. The third-order valence-electron chi connectivity index (χ3n) is 4.41. The molecule has 22 heavy (non-hydrogen) atoms. The van der Waals surface area contributed by atoms with E-state index in [0.717, 1.165) is 36.7 Å². The summed E-state index contributed by atoms with van der Waals surface area (Å²) in [6.45, 7) is 2.73. The lowest BCUT2D eigenvalue weighted by Gasteiger charge is -2.23. The Kier molecular flexibility index (Phi) is 3.17. The Hall–Kier alpha value is -2.24. The van der Waals surface area contributed by atoms with Crippen LogP contribution in [0.3, 0.4) is 0 Å². The summed E-state index contributed by atoms with van der Waals surface area (Å²) >= 11 is 0. The molecule has 0 unspecified atom stereocenters. The molecule has 4 rings (SSSR count). The van der Waals surface area contributed by atoms with Crippen LogP contribution in [0.1, 0.15) is 65.3 Å². The summed E-state index contributed by atoms with van der Waals surface area (Å²) in [5.74, 6) is 2.25. The van der Waals surface area contributed by atoms with Gasteiger partial charge in [0.2, 0.25) is 0 Å². The molecule has 0 radical (unpaired) electrons. The van der Waals surface area contributed by atoms with E-state index in [1.807, 2.05) is 18.0 Å². The zero-order valence-electron chi connectivity index (χ0n) is 12.6. The number of aromatic nitrogens is 4. The van der Waals surface area contributed by atoms with Crippen molar-refractivity contribution < 1.29 is 4.79 Å². The number of nitrogens with one attached hydrogen (secondary N) is 1. The highest BCUT2D eigenvalue weighted by Crippen LogP contribution is 2.37. The first-order chi connectivity index (χ1) is 10.7. The zero-order chi connectivity index (χ0) is 15.1. The fourth-order valence-corrected chi connectivity index (χ4v) is 3.06. The van der Waals surface area contributed by atoms with E-state index in [1.165, 1.54) is 12.8 Å². The van der Waals surface area contributed by atoms with Gasteiger partial charge in [0.1, 0.15) is 11.6 Å². The summed E-state index contributed by atoms with van der Waals surface area (Å²) in [6.07, 6.45) is 9.43. The summed E-state index contributed by atoms with van der Waals surface area (Å²) in [7, 11) is 0. The van der Waals surface area contributed by atoms with Gasteiger partial charge in [-0.2, -0.15) is 0 Å². The molecule has 2 aromatic heterocycles. The van der Waals surface area contributed by atoms with Crippen LogP contribution in [0, 0.1) is 6.92 Å². The fourth-order valence-electron chi connectivity index (χ4n) is 3.06. The van der Waals surface area contributed by atoms with Crippen molar-refractivity contribution in [3.63, 3.8) is 0 Å². The largest absolute Gasteiger partial charge is 0.344 e. The number of amides is 1. The van der Waals surface area contributed by atoms with Gasteiger partial charge in [0.05, 0.1) is 11.6 Å². The van der Waals surface area contributed by atoms with E-state index >= 15 is 0 Å². The lowest BCUT2D eigenvalue weighted by atomic mass is 10.2. The van der Waals surface area contributed by atoms with E-state index in [9.17, 15) is 4.79 Å². The minimum atomic E-state index is -0.00102. The van der Waals surface area contributed by atoms with Gasteiger partial charge in [-0.15, -0.1) is 0 Å². The molecule has 6 heteroatoms. The molecule has 6 nitrogen and oxygen atoms in total. The summed E-state index contributed by atoms with van der Waals surface area (Å²) < 4.78 is 0. The SMILES string of the molecule is Cc1cnc([C@@H]2CCCN2C(=O)c2cnc(C3CC3)nc2)[nH]1. The molecule has 1 aliphatic carbocycles. The number of carbonyl (C=O) groups excluding carboxylic acids is 1. The van der Waals surface area contributed by atoms with Gasteiger partial charge in [0, 0.05) is 36.7 Å². The lowest BCUT2D eigenvalue weighted by molar-refractivity contribution is 0.0729. The Bertz CT molecular complexity index is 689. The Morgan fingerprint density at radius 3 is 2.59 bits per heavy atom. The van der Waals surface area contributed by atoms with Crippen LogP contribution in [-0.4, -0.2) is 37.3 Å². The highest BCUT2D eigenvalue weighted by Gasteiger charge is 2.33. The standard InChI is InChI=1S/C16H19N5O/c1-10-7-17-15(20-10)13-3-2-6-21(13)16(22)12-8-18-14(19-9-12)11-4-5-11/h7-9,11,13H,2-6H2,1H3,(H,17,20)/t13-/m0/s1.